The molecule has 1 aliphatic heterocycles. The number of hydrogen-bond donors (Lipinski definition) is 0. The van der Waals surface area contributed by atoms with Gasteiger partial charge in [0.1, 0.15) is 18.1 Å². The molecule has 0 aromatic heterocycles. The third-order valence-electron chi connectivity index (χ3n) is 3.85. The molecule has 0 saturated carbocycles. The van der Waals surface area contributed by atoms with E-state index in [0.29, 0.717) is 17.1 Å². The lowest BCUT2D eigenvalue weighted by Crippen LogP contribution is -2.18. The quantitative estimate of drug-likeness (QED) is 0.561. The Labute approximate surface area is 151 Å². The molecule has 6 heteroatoms. The van der Waals surface area contributed by atoms with E-state index in [2.05, 4.69) is 0 Å². The Morgan fingerprint density at radius 1 is 1.00 bits per heavy atom. The lowest BCUT2D eigenvalue weighted by atomic mass is 10.2. The molecule has 1 aliphatic rings. The highest BCUT2D eigenvalue weighted by Gasteiger charge is 2.18. The number of esters is 2. The second kappa shape index (κ2) is 9.01. The molecule has 26 heavy (non-hydrogen) atoms. The molecule has 0 radical (unpaired) electrons. The van der Waals surface area contributed by atoms with Gasteiger partial charge >= 0.3 is 11.9 Å². The van der Waals surface area contributed by atoms with Gasteiger partial charge in [-0.05, 0) is 49.2 Å². The van der Waals surface area contributed by atoms with Gasteiger partial charge in [-0.1, -0.05) is 18.2 Å². The lowest BCUT2D eigenvalue weighted by molar-refractivity contribution is -0.136. The van der Waals surface area contributed by atoms with Crippen LogP contribution in [0.25, 0.3) is 0 Å². The second-order valence-corrected chi connectivity index (χ2v) is 5.83. The van der Waals surface area contributed by atoms with Crippen molar-refractivity contribution in [1.29, 1.82) is 0 Å². The summed E-state index contributed by atoms with van der Waals surface area (Å²) in [6.45, 7) is 0.776. The maximum atomic E-state index is 12.0. The van der Waals surface area contributed by atoms with E-state index in [1.54, 1.807) is 36.4 Å². The van der Waals surface area contributed by atoms with Crippen molar-refractivity contribution in [3.63, 3.8) is 0 Å². The van der Waals surface area contributed by atoms with Crippen LogP contribution in [-0.2, 0) is 14.3 Å². The van der Waals surface area contributed by atoms with Gasteiger partial charge in [-0.2, -0.15) is 0 Å². The molecule has 1 unspecified atom stereocenters. The molecule has 0 aliphatic carbocycles. The van der Waals surface area contributed by atoms with Gasteiger partial charge in [0.15, 0.2) is 6.61 Å². The number of carbonyl (C=O) groups excluding carboxylic acids is 2. The Hall–Kier alpha value is -2.86. The van der Waals surface area contributed by atoms with E-state index in [4.69, 9.17) is 18.9 Å². The highest BCUT2D eigenvalue weighted by molar-refractivity contribution is 5.89. The topological polar surface area (TPSA) is 71.1 Å². The molecule has 1 saturated heterocycles. The molecule has 1 atom stereocenters. The molecule has 2 aromatic rings. The van der Waals surface area contributed by atoms with Crippen LogP contribution < -0.4 is 9.47 Å². The summed E-state index contributed by atoms with van der Waals surface area (Å²) < 4.78 is 21.1. The number of rotatable bonds is 7. The molecule has 0 amide bonds. The summed E-state index contributed by atoms with van der Waals surface area (Å²) in [6.07, 6.45) is 1.90. The van der Waals surface area contributed by atoms with Crippen molar-refractivity contribution in [3.05, 3.63) is 60.2 Å². The average Bonchev–Trinajstić information content (AvgIpc) is 3.19. The minimum Gasteiger partial charge on any atom is -0.482 e. The summed E-state index contributed by atoms with van der Waals surface area (Å²) in [6, 6.07) is 15.2. The first-order valence-electron chi connectivity index (χ1n) is 8.48. The van der Waals surface area contributed by atoms with Crippen LogP contribution >= 0.6 is 0 Å². The molecule has 0 N–H and O–H groups in total. The fourth-order valence-corrected chi connectivity index (χ4v) is 2.51. The molecular weight excluding hydrogens is 336 g/mol. The lowest BCUT2D eigenvalue weighted by Gasteiger charge is -2.10. The smallest absolute Gasteiger partial charge is 0.349 e. The minimum atomic E-state index is -0.525. The summed E-state index contributed by atoms with van der Waals surface area (Å²) in [5.74, 6) is -0.0236. The summed E-state index contributed by atoms with van der Waals surface area (Å²) in [5.41, 5.74) is 0.392. The Morgan fingerprint density at radius 3 is 2.46 bits per heavy atom. The Morgan fingerprint density at radius 2 is 1.77 bits per heavy atom. The van der Waals surface area contributed by atoms with Crippen LogP contribution in [0.5, 0.6) is 11.5 Å². The summed E-state index contributed by atoms with van der Waals surface area (Å²) >= 11 is 0. The zero-order valence-electron chi connectivity index (χ0n) is 14.3. The van der Waals surface area contributed by atoms with Crippen molar-refractivity contribution in [3.8, 4) is 11.5 Å². The van der Waals surface area contributed by atoms with E-state index in [9.17, 15) is 9.59 Å². The molecule has 0 bridgehead atoms. The van der Waals surface area contributed by atoms with Crippen LogP contribution in [-0.4, -0.2) is 37.9 Å². The van der Waals surface area contributed by atoms with E-state index in [1.165, 1.54) is 0 Å². The van der Waals surface area contributed by atoms with Crippen molar-refractivity contribution < 1.29 is 28.5 Å². The monoisotopic (exact) mass is 356 g/mol. The third-order valence-corrected chi connectivity index (χ3v) is 3.85. The van der Waals surface area contributed by atoms with Gasteiger partial charge in [0.25, 0.3) is 0 Å². The SMILES string of the molecule is O=C(COc1ccccc1)Oc1ccc(C(=O)OCC2CCCO2)cc1. The van der Waals surface area contributed by atoms with Gasteiger partial charge in [0, 0.05) is 6.61 Å². The molecule has 136 valence electrons. The van der Waals surface area contributed by atoms with Crippen molar-refractivity contribution >= 4 is 11.9 Å². The standard InChI is InChI=1S/C20H20O6/c21-19(14-24-16-5-2-1-3-6-16)26-17-10-8-15(9-11-17)20(22)25-13-18-7-4-12-23-18/h1-3,5-6,8-11,18H,4,7,12-14H2. The maximum absolute atomic E-state index is 12.0. The first-order chi connectivity index (χ1) is 12.7. The van der Waals surface area contributed by atoms with E-state index in [1.807, 2.05) is 18.2 Å². The van der Waals surface area contributed by atoms with Gasteiger partial charge in [0.2, 0.25) is 0 Å². The van der Waals surface area contributed by atoms with Gasteiger partial charge in [-0.25, -0.2) is 9.59 Å². The fraction of sp³-hybridized carbons (Fsp3) is 0.300. The average molecular weight is 356 g/mol. The van der Waals surface area contributed by atoms with Gasteiger partial charge in [-0.3, -0.25) is 0 Å². The zero-order valence-corrected chi connectivity index (χ0v) is 14.3. The van der Waals surface area contributed by atoms with E-state index in [0.717, 1.165) is 19.4 Å². The Balaban J connectivity index is 1.44. The van der Waals surface area contributed by atoms with E-state index < -0.39 is 11.9 Å². The summed E-state index contributed by atoms with van der Waals surface area (Å²) in [4.78, 5) is 23.8. The molecular formula is C20H20O6. The van der Waals surface area contributed by atoms with Gasteiger partial charge in [-0.15, -0.1) is 0 Å². The fourth-order valence-electron chi connectivity index (χ4n) is 2.51. The number of carbonyl (C=O) groups is 2. The first kappa shape index (κ1) is 17.9. The van der Waals surface area contributed by atoms with Crippen LogP contribution in [0, 0.1) is 0 Å². The maximum Gasteiger partial charge on any atom is 0.349 e. The number of hydrogen-bond acceptors (Lipinski definition) is 6. The minimum absolute atomic E-state index is 0.0104. The predicted molar refractivity (Wildman–Crippen MR) is 93.3 cm³/mol. The highest BCUT2D eigenvalue weighted by Crippen LogP contribution is 2.16. The summed E-state index contributed by atoms with van der Waals surface area (Å²) in [7, 11) is 0. The van der Waals surface area contributed by atoms with Crippen LogP contribution in [0.3, 0.4) is 0 Å². The zero-order chi connectivity index (χ0) is 18.2. The van der Waals surface area contributed by atoms with Crippen molar-refractivity contribution in [2.24, 2.45) is 0 Å². The molecule has 0 spiro atoms. The van der Waals surface area contributed by atoms with Gasteiger partial charge < -0.3 is 18.9 Å². The van der Waals surface area contributed by atoms with Crippen LogP contribution in [0.1, 0.15) is 23.2 Å². The molecule has 6 nitrogen and oxygen atoms in total. The van der Waals surface area contributed by atoms with Crippen molar-refractivity contribution in [2.75, 3.05) is 19.8 Å². The number of ether oxygens (including phenoxy) is 4. The summed E-state index contributed by atoms with van der Waals surface area (Å²) in [5, 5.41) is 0. The second-order valence-electron chi connectivity index (χ2n) is 5.83. The van der Waals surface area contributed by atoms with Crippen LogP contribution in [0.4, 0.5) is 0 Å². The normalized spacial score (nSPS) is 16.1. The predicted octanol–water partition coefficient (Wildman–Crippen LogP) is 3.01. The van der Waals surface area contributed by atoms with E-state index >= 15 is 0 Å². The first-order valence-corrected chi connectivity index (χ1v) is 8.48. The van der Waals surface area contributed by atoms with Crippen molar-refractivity contribution in [1.82, 2.24) is 0 Å². The molecule has 1 heterocycles. The largest absolute Gasteiger partial charge is 0.482 e. The Kier molecular flexibility index (Phi) is 6.22. The third kappa shape index (κ3) is 5.32. The molecule has 3 rings (SSSR count). The molecule has 2 aromatic carbocycles. The highest BCUT2D eigenvalue weighted by atomic mass is 16.6. The number of benzene rings is 2. The number of para-hydroxylation sites is 1. The van der Waals surface area contributed by atoms with Crippen molar-refractivity contribution in [2.45, 2.75) is 18.9 Å². The van der Waals surface area contributed by atoms with Crippen LogP contribution in [0.15, 0.2) is 54.6 Å². The van der Waals surface area contributed by atoms with Gasteiger partial charge in [0.05, 0.1) is 11.7 Å². The van der Waals surface area contributed by atoms with E-state index in [-0.39, 0.29) is 19.3 Å². The van der Waals surface area contributed by atoms with Crippen LogP contribution in [0.2, 0.25) is 0 Å². The molecule has 1 fully saturated rings. The Bertz CT molecular complexity index is 720.